The highest BCUT2D eigenvalue weighted by Gasteiger charge is 2.30. The maximum Gasteiger partial charge on any atom is 0.223 e. The summed E-state index contributed by atoms with van der Waals surface area (Å²) >= 11 is 0. The molecule has 1 aliphatic heterocycles. The minimum Gasteiger partial charge on any atom is -0.354 e. The summed E-state index contributed by atoms with van der Waals surface area (Å²) in [6, 6.07) is 0.766. The van der Waals surface area contributed by atoms with Gasteiger partial charge in [0.25, 0.3) is 0 Å². The van der Waals surface area contributed by atoms with E-state index < -0.39 is 0 Å². The van der Waals surface area contributed by atoms with Gasteiger partial charge in [-0.05, 0) is 58.5 Å². The Kier molecular flexibility index (Phi) is 4.62. The minimum atomic E-state index is 0.171. The van der Waals surface area contributed by atoms with Crippen LogP contribution in [-0.2, 0) is 4.79 Å². The standard InChI is InChI=1S/C14H27N3O/c1-10(2)17-7-5-12(6-8-17)14(18)16-9-13(15)11-3-4-11/h10-13H,3-9,15H2,1-2H3,(H,16,18). The van der Waals surface area contributed by atoms with Gasteiger partial charge in [0.2, 0.25) is 5.91 Å². The van der Waals surface area contributed by atoms with Crippen molar-refractivity contribution in [3.63, 3.8) is 0 Å². The van der Waals surface area contributed by atoms with E-state index >= 15 is 0 Å². The summed E-state index contributed by atoms with van der Waals surface area (Å²) in [4.78, 5) is 14.5. The fraction of sp³-hybridized carbons (Fsp3) is 0.929. The molecule has 1 aliphatic carbocycles. The molecule has 104 valence electrons. The monoisotopic (exact) mass is 253 g/mol. The predicted molar refractivity (Wildman–Crippen MR) is 73.1 cm³/mol. The Bertz CT molecular complexity index is 281. The fourth-order valence-electron chi connectivity index (χ4n) is 2.73. The molecule has 0 aromatic carbocycles. The van der Waals surface area contributed by atoms with E-state index in [9.17, 15) is 4.79 Å². The molecule has 1 heterocycles. The first-order valence-corrected chi connectivity index (χ1v) is 7.35. The van der Waals surface area contributed by atoms with Crippen LogP contribution in [0, 0.1) is 11.8 Å². The van der Waals surface area contributed by atoms with E-state index in [2.05, 4.69) is 24.1 Å². The van der Waals surface area contributed by atoms with Crippen molar-refractivity contribution >= 4 is 5.91 Å². The van der Waals surface area contributed by atoms with Crippen LogP contribution in [0.1, 0.15) is 39.5 Å². The van der Waals surface area contributed by atoms with E-state index in [1.54, 1.807) is 0 Å². The average Bonchev–Trinajstić information content (AvgIpc) is 3.20. The SMILES string of the molecule is CC(C)N1CCC(C(=O)NCC(N)C2CC2)CC1. The summed E-state index contributed by atoms with van der Waals surface area (Å²) in [6.07, 6.45) is 4.46. The second-order valence-corrected chi connectivity index (χ2v) is 6.15. The number of hydrogen-bond acceptors (Lipinski definition) is 3. The van der Waals surface area contributed by atoms with Crippen molar-refractivity contribution in [3.8, 4) is 0 Å². The Hall–Kier alpha value is -0.610. The topological polar surface area (TPSA) is 58.4 Å². The first kappa shape index (κ1) is 13.8. The van der Waals surface area contributed by atoms with Crippen LogP contribution in [0.15, 0.2) is 0 Å². The molecule has 0 aromatic heterocycles. The van der Waals surface area contributed by atoms with Crippen molar-refractivity contribution in [1.29, 1.82) is 0 Å². The number of nitrogens with zero attached hydrogens (tertiary/aromatic N) is 1. The van der Waals surface area contributed by atoms with Gasteiger partial charge in [-0.15, -0.1) is 0 Å². The van der Waals surface area contributed by atoms with Crippen LogP contribution in [-0.4, -0.2) is 42.5 Å². The lowest BCUT2D eigenvalue weighted by Gasteiger charge is -2.34. The highest BCUT2D eigenvalue weighted by atomic mass is 16.1. The number of likely N-dealkylation sites (tertiary alicyclic amines) is 1. The van der Waals surface area contributed by atoms with E-state index in [1.165, 1.54) is 12.8 Å². The number of nitrogens with one attached hydrogen (secondary N) is 1. The third-order valence-corrected chi connectivity index (χ3v) is 4.37. The third kappa shape index (κ3) is 3.69. The molecule has 0 bridgehead atoms. The largest absolute Gasteiger partial charge is 0.354 e. The molecule has 1 saturated carbocycles. The van der Waals surface area contributed by atoms with Crippen LogP contribution in [0.25, 0.3) is 0 Å². The maximum absolute atomic E-state index is 12.0. The molecular weight excluding hydrogens is 226 g/mol. The van der Waals surface area contributed by atoms with Gasteiger partial charge in [0, 0.05) is 24.5 Å². The van der Waals surface area contributed by atoms with Gasteiger partial charge in [-0.25, -0.2) is 0 Å². The first-order valence-electron chi connectivity index (χ1n) is 7.35. The van der Waals surface area contributed by atoms with Crippen LogP contribution in [0.2, 0.25) is 0 Å². The lowest BCUT2D eigenvalue weighted by Crippen LogP contribution is -2.45. The number of carbonyl (C=O) groups is 1. The quantitative estimate of drug-likeness (QED) is 0.767. The molecule has 1 saturated heterocycles. The van der Waals surface area contributed by atoms with Crippen molar-refractivity contribution in [2.24, 2.45) is 17.6 Å². The summed E-state index contributed by atoms with van der Waals surface area (Å²) in [5.74, 6) is 1.08. The molecule has 4 heteroatoms. The molecule has 2 fully saturated rings. The Morgan fingerprint density at radius 3 is 2.39 bits per heavy atom. The van der Waals surface area contributed by atoms with E-state index in [0.717, 1.165) is 25.9 Å². The second-order valence-electron chi connectivity index (χ2n) is 6.15. The molecule has 2 aliphatic rings. The smallest absolute Gasteiger partial charge is 0.223 e. The summed E-state index contributed by atoms with van der Waals surface area (Å²) in [5.41, 5.74) is 6.00. The molecule has 0 radical (unpaired) electrons. The van der Waals surface area contributed by atoms with Gasteiger partial charge in [0.05, 0.1) is 0 Å². The first-order chi connectivity index (χ1) is 8.58. The van der Waals surface area contributed by atoms with Gasteiger partial charge in [-0.2, -0.15) is 0 Å². The van der Waals surface area contributed by atoms with Crippen molar-refractivity contribution < 1.29 is 4.79 Å². The summed E-state index contributed by atoms with van der Waals surface area (Å²) in [7, 11) is 0. The van der Waals surface area contributed by atoms with E-state index in [0.29, 0.717) is 18.5 Å². The van der Waals surface area contributed by atoms with E-state index in [4.69, 9.17) is 5.73 Å². The molecule has 0 aromatic rings. The highest BCUT2D eigenvalue weighted by molar-refractivity contribution is 5.78. The van der Waals surface area contributed by atoms with Crippen molar-refractivity contribution in [2.45, 2.75) is 51.6 Å². The van der Waals surface area contributed by atoms with Crippen molar-refractivity contribution in [1.82, 2.24) is 10.2 Å². The van der Waals surface area contributed by atoms with Crippen LogP contribution in [0.3, 0.4) is 0 Å². The van der Waals surface area contributed by atoms with Crippen LogP contribution in [0.4, 0.5) is 0 Å². The van der Waals surface area contributed by atoms with E-state index in [1.807, 2.05) is 0 Å². The number of carbonyl (C=O) groups excluding carboxylic acids is 1. The molecule has 2 rings (SSSR count). The van der Waals surface area contributed by atoms with Gasteiger partial charge < -0.3 is 16.0 Å². The molecule has 1 atom stereocenters. The number of hydrogen-bond donors (Lipinski definition) is 2. The molecule has 0 spiro atoms. The molecule has 1 unspecified atom stereocenters. The Labute approximate surface area is 110 Å². The number of piperidine rings is 1. The maximum atomic E-state index is 12.0. The lowest BCUT2D eigenvalue weighted by atomic mass is 9.95. The van der Waals surface area contributed by atoms with Gasteiger partial charge in [0.1, 0.15) is 0 Å². The van der Waals surface area contributed by atoms with Crippen LogP contribution in [0.5, 0.6) is 0 Å². The Morgan fingerprint density at radius 1 is 1.28 bits per heavy atom. The highest BCUT2D eigenvalue weighted by Crippen LogP contribution is 2.31. The van der Waals surface area contributed by atoms with E-state index in [-0.39, 0.29) is 17.9 Å². The molecule has 4 nitrogen and oxygen atoms in total. The summed E-state index contributed by atoms with van der Waals surface area (Å²) < 4.78 is 0. The van der Waals surface area contributed by atoms with Crippen LogP contribution >= 0.6 is 0 Å². The number of nitrogens with two attached hydrogens (primary N) is 1. The zero-order valence-electron chi connectivity index (χ0n) is 11.7. The number of rotatable bonds is 5. The summed E-state index contributed by atoms with van der Waals surface area (Å²) in [5, 5.41) is 3.04. The molecular formula is C14H27N3O. The molecule has 3 N–H and O–H groups in total. The van der Waals surface area contributed by atoms with Gasteiger partial charge in [-0.1, -0.05) is 0 Å². The zero-order valence-corrected chi connectivity index (χ0v) is 11.7. The Balaban J connectivity index is 1.67. The zero-order chi connectivity index (χ0) is 13.1. The van der Waals surface area contributed by atoms with Crippen LogP contribution < -0.4 is 11.1 Å². The average molecular weight is 253 g/mol. The molecule has 18 heavy (non-hydrogen) atoms. The molecule has 1 amide bonds. The van der Waals surface area contributed by atoms with Crippen molar-refractivity contribution in [3.05, 3.63) is 0 Å². The van der Waals surface area contributed by atoms with Gasteiger partial charge in [0.15, 0.2) is 0 Å². The van der Waals surface area contributed by atoms with Crippen molar-refractivity contribution in [2.75, 3.05) is 19.6 Å². The van der Waals surface area contributed by atoms with Gasteiger partial charge >= 0.3 is 0 Å². The minimum absolute atomic E-state index is 0.171. The second kappa shape index (κ2) is 6.02. The predicted octanol–water partition coefficient (Wildman–Crippen LogP) is 0.960. The third-order valence-electron chi connectivity index (χ3n) is 4.37. The normalized spacial score (nSPS) is 24.2. The fourth-order valence-corrected chi connectivity index (χ4v) is 2.73. The summed E-state index contributed by atoms with van der Waals surface area (Å²) in [6.45, 7) is 7.19. The lowest BCUT2D eigenvalue weighted by molar-refractivity contribution is -0.126. The number of amides is 1. The Morgan fingerprint density at radius 2 is 1.89 bits per heavy atom. The van der Waals surface area contributed by atoms with Gasteiger partial charge in [-0.3, -0.25) is 4.79 Å².